The molecule has 0 heterocycles. The van der Waals surface area contributed by atoms with E-state index in [9.17, 15) is 9.59 Å². The van der Waals surface area contributed by atoms with Crippen molar-refractivity contribution in [2.45, 2.75) is 58.2 Å². The summed E-state index contributed by atoms with van der Waals surface area (Å²) in [6.07, 6.45) is -0.105. The number of hydrogen-bond acceptors (Lipinski definition) is 4. The molecule has 0 saturated carbocycles. The molecule has 0 N–H and O–H groups in total. The molecule has 0 fully saturated rings. The molecule has 0 radical (unpaired) electrons. The van der Waals surface area contributed by atoms with E-state index in [4.69, 9.17) is 9.47 Å². The van der Waals surface area contributed by atoms with E-state index >= 15 is 0 Å². The van der Waals surface area contributed by atoms with Gasteiger partial charge in [0.15, 0.2) is 0 Å². The summed E-state index contributed by atoms with van der Waals surface area (Å²) < 4.78 is 12.2. The first kappa shape index (κ1) is 33.7. The van der Waals surface area contributed by atoms with Gasteiger partial charge in [0.1, 0.15) is 12.2 Å². The Morgan fingerprint density at radius 2 is 0.824 bits per heavy atom. The fourth-order valence-corrected chi connectivity index (χ4v) is 8.20. The van der Waals surface area contributed by atoms with Crippen molar-refractivity contribution in [3.63, 3.8) is 0 Å². The lowest BCUT2D eigenvalue weighted by Gasteiger charge is -2.39. The SMILES string of the molecule is C=C(C)C(=O)OC(C)CC1(CC(C)OC(=O)C(=C)C)c2c(cccc2-c2cccc3ccccc23)-c2cccc(-c3cccc4ccccc34)c21. The van der Waals surface area contributed by atoms with Gasteiger partial charge in [0.2, 0.25) is 0 Å². The molecule has 4 heteroatoms. The Kier molecular flexibility index (Phi) is 8.95. The van der Waals surface area contributed by atoms with Gasteiger partial charge in [0.25, 0.3) is 0 Å². The lowest BCUT2D eigenvalue weighted by molar-refractivity contribution is -0.144. The average Bonchev–Trinajstić information content (AvgIpc) is 3.40. The van der Waals surface area contributed by atoms with Crippen LogP contribution >= 0.6 is 0 Å². The first-order chi connectivity index (χ1) is 24.6. The van der Waals surface area contributed by atoms with Gasteiger partial charge >= 0.3 is 11.9 Å². The summed E-state index contributed by atoms with van der Waals surface area (Å²) in [5.74, 6) is -0.856. The van der Waals surface area contributed by atoms with Crippen LogP contribution in [-0.4, -0.2) is 24.1 Å². The fourth-order valence-electron chi connectivity index (χ4n) is 8.20. The van der Waals surface area contributed by atoms with Crippen molar-refractivity contribution < 1.29 is 19.1 Å². The van der Waals surface area contributed by atoms with Crippen LogP contribution in [0.1, 0.15) is 51.7 Å². The van der Waals surface area contributed by atoms with Crippen LogP contribution in [0.2, 0.25) is 0 Å². The van der Waals surface area contributed by atoms with Gasteiger partial charge in [-0.25, -0.2) is 9.59 Å². The summed E-state index contributed by atoms with van der Waals surface area (Å²) in [7, 11) is 0. The Hall–Kier alpha value is -5.74. The van der Waals surface area contributed by atoms with Crippen molar-refractivity contribution in [2.24, 2.45) is 0 Å². The lowest BCUT2D eigenvalue weighted by Crippen LogP contribution is -2.37. The first-order valence-electron chi connectivity index (χ1n) is 17.6. The second kappa shape index (κ2) is 13.5. The third-order valence-corrected chi connectivity index (χ3v) is 10.1. The van der Waals surface area contributed by atoms with Crippen LogP contribution in [0.5, 0.6) is 0 Å². The van der Waals surface area contributed by atoms with Crippen molar-refractivity contribution in [1.29, 1.82) is 0 Å². The van der Waals surface area contributed by atoms with Crippen molar-refractivity contribution in [1.82, 2.24) is 0 Å². The summed E-state index contributed by atoms with van der Waals surface area (Å²) in [4.78, 5) is 26.1. The van der Waals surface area contributed by atoms with Gasteiger partial charge in [0.05, 0.1) is 0 Å². The molecule has 0 saturated heterocycles. The molecule has 0 bridgehead atoms. The number of carbonyl (C=O) groups excluding carboxylic acids is 2. The van der Waals surface area contributed by atoms with E-state index in [1.807, 2.05) is 13.8 Å². The number of esters is 2. The molecule has 1 aliphatic carbocycles. The Morgan fingerprint density at radius 1 is 0.510 bits per heavy atom. The molecule has 6 aromatic rings. The third-order valence-electron chi connectivity index (χ3n) is 10.1. The Morgan fingerprint density at radius 3 is 1.22 bits per heavy atom. The minimum absolute atomic E-state index is 0.347. The van der Waals surface area contributed by atoms with E-state index in [0.29, 0.717) is 24.0 Å². The van der Waals surface area contributed by atoms with Gasteiger partial charge < -0.3 is 9.47 Å². The Labute approximate surface area is 300 Å². The Balaban J connectivity index is 1.57. The smallest absolute Gasteiger partial charge is 0.333 e. The topological polar surface area (TPSA) is 52.6 Å². The van der Waals surface area contributed by atoms with Crippen LogP contribution in [0.15, 0.2) is 146 Å². The molecule has 1 aliphatic rings. The van der Waals surface area contributed by atoms with Crippen molar-refractivity contribution in [3.8, 4) is 33.4 Å². The number of ether oxygens (including phenoxy) is 2. The summed E-state index contributed by atoms with van der Waals surface area (Å²) in [6.45, 7) is 14.9. The zero-order chi connectivity index (χ0) is 35.9. The summed E-state index contributed by atoms with van der Waals surface area (Å²) >= 11 is 0. The van der Waals surface area contributed by atoms with E-state index in [-0.39, 0.29) is 0 Å². The minimum atomic E-state index is -0.755. The summed E-state index contributed by atoms with van der Waals surface area (Å²) in [6, 6.07) is 42.8. The largest absolute Gasteiger partial charge is 0.459 e. The quantitative estimate of drug-likeness (QED) is 0.108. The molecule has 6 aromatic carbocycles. The standard InChI is InChI=1S/C47H42O4/c1-29(2)45(48)50-31(5)27-47(28-32(6)51-46(49)30(3)4)43-39(37-21-11-17-33-15-7-9-19-35(33)37)23-13-25-41(43)42-26-14-24-40(44(42)47)38-22-12-18-34-16-8-10-20-36(34)38/h7-26,31-32H,1,3,27-28H2,2,4-6H3. The van der Waals surface area contributed by atoms with E-state index in [1.165, 1.54) is 0 Å². The summed E-state index contributed by atoms with van der Waals surface area (Å²) in [5, 5.41) is 4.60. The zero-order valence-corrected chi connectivity index (χ0v) is 29.7. The highest BCUT2D eigenvalue weighted by Crippen LogP contribution is 2.60. The monoisotopic (exact) mass is 670 g/mol. The molecular formula is C47H42O4. The van der Waals surface area contributed by atoms with Gasteiger partial charge in [-0.1, -0.05) is 134 Å². The van der Waals surface area contributed by atoms with Gasteiger partial charge in [-0.15, -0.1) is 0 Å². The van der Waals surface area contributed by atoms with Crippen molar-refractivity contribution in [3.05, 3.63) is 157 Å². The fraction of sp³-hybridized carbons (Fsp3) is 0.191. The van der Waals surface area contributed by atoms with Crippen LogP contribution in [0.4, 0.5) is 0 Å². The predicted molar refractivity (Wildman–Crippen MR) is 209 cm³/mol. The van der Waals surface area contributed by atoms with E-state index in [2.05, 4.69) is 134 Å². The van der Waals surface area contributed by atoms with Gasteiger partial charge in [0, 0.05) is 16.6 Å². The molecule has 2 unspecified atom stereocenters. The molecule has 254 valence electrons. The molecule has 0 aromatic heterocycles. The normalized spacial score (nSPS) is 14.0. The Bertz CT molecular complexity index is 2190. The van der Waals surface area contributed by atoms with Gasteiger partial charge in [-0.05, 0) is 107 Å². The van der Waals surface area contributed by atoms with Gasteiger partial charge in [-0.3, -0.25) is 0 Å². The van der Waals surface area contributed by atoms with Crippen molar-refractivity contribution in [2.75, 3.05) is 0 Å². The van der Waals surface area contributed by atoms with Crippen LogP contribution < -0.4 is 0 Å². The second-order valence-corrected chi connectivity index (χ2v) is 14.0. The maximum Gasteiger partial charge on any atom is 0.333 e. The second-order valence-electron chi connectivity index (χ2n) is 14.0. The maximum absolute atomic E-state index is 13.0. The van der Waals surface area contributed by atoms with E-state index in [1.54, 1.807) is 13.8 Å². The number of rotatable bonds is 10. The highest BCUT2D eigenvalue weighted by Gasteiger charge is 2.49. The molecule has 0 amide bonds. The highest BCUT2D eigenvalue weighted by atomic mass is 16.5. The van der Waals surface area contributed by atoms with E-state index < -0.39 is 29.6 Å². The zero-order valence-electron chi connectivity index (χ0n) is 29.7. The summed E-state index contributed by atoms with van der Waals surface area (Å²) in [5.41, 5.74) is 8.89. The van der Waals surface area contributed by atoms with Crippen molar-refractivity contribution >= 4 is 33.5 Å². The van der Waals surface area contributed by atoms with E-state index in [0.717, 1.165) is 66.1 Å². The number of benzene rings is 6. The molecule has 7 rings (SSSR count). The predicted octanol–water partition coefficient (Wildman–Crippen LogP) is 11.4. The van der Waals surface area contributed by atoms with Crippen LogP contribution in [0.25, 0.3) is 54.9 Å². The molecule has 51 heavy (non-hydrogen) atoms. The molecule has 0 spiro atoms. The van der Waals surface area contributed by atoms with Crippen LogP contribution in [0, 0.1) is 0 Å². The van der Waals surface area contributed by atoms with Crippen LogP contribution in [0.3, 0.4) is 0 Å². The number of fused-ring (bicyclic) bond motifs is 5. The third kappa shape index (κ3) is 6.05. The molecular weight excluding hydrogens is 629 g/mol. The first-order valence-corrected chi connectivity index (χ1v) is 17.6. The molecule has 4 nitrogen and oxygen atoms in total. The highest BCUT2D eigenvalue weighted by molar-refractivity contribution is 6.04. The lowest BCUT2D eigenvalue weighted by atomic mass is 9.66. The molecule has 0 aliphatic heterocycles. The number of hydrogen-bond donors (Lipinski definition) is 0. The number of carbonyl (C=O) groups is 2. The average molecular weight is 671 g/mol. The molecule has 2 atom stereocenters. The maximum atomic E-state index is 13.0. The minimum Gasteiger partial charge on any atom is -0.459 e. The van der Waals surface area contributed by atoms with Crippen LogP contribution in [-0.2, 0) is 24.5 Å². The van der Waals surface area contributed by atoms with Gasteiger partial charge in [-0.2, -0.15) is 0 Å².